The second-order valence-electron chi connectivity index (χ2n) is 4.47. The molecular weight excluding hydrogens is 282 g/mol. The molecule has 0 aliphatic heterocycles. The van der Waals surface area contributed by atoms with Crippen molar-refractivity contribution < 1.29 is 9.21 Å². The van der Waals surface area contributed by atoms with Gasteiger partial charge in [-0.15, -0.1) is 5.10 Å². The summed E-state index contributed by atoms with van der Waals surface area (Å²) >= 11 is 0. The zero-order valence-electron chi connectivity index (χ0n) is 11.6. The predicted molar refractivity (Wildman–Crippen MR) is 79.7 cm³/mol. The van der Waals surface area contributed by atoms with Crippen molar-refractivity contribution in [2.24, 2.45) is 0 Å². The molecule has 0 atom stereocenters. The molecular formula is C15H13N5O2. The number of carbonyl (C=O) groups is 1. The maximum atomic E-state index is 11.7. The molecule has 0 aromatic carbocycles. The Bertz CT molecular complexity index is 762. The minimum atomic E-state index is -0.324. The van der Waals surface area contributed by atoms with Crippen molar-refractivity contribution >= 4 is 17.9 Å². The van der Waals surface area contributed by atoms with Gasteiger partial charge in [-0.1, -0.05) is 6.07 Å². The Morgan fingerprint density at radius 3 is 3.09 bits per heavy atom. The van der Waals surface area contributed by atoms with Crippen molar-refractivity contribution in [2.45, 2.75) is 6.54 Å². The number of pyridine rings is 1. The second-order valence-corrected chi connectivity index (χ2v) is 4.47. The van der Waals surface area contributed by atoms with E-state index >= 15 is 0 Å². The van der Waals surface area contributed by atoms with Crippen LogP contribution in [-0.4, -0.2) is 25.7 Å². The van der Waals surface area contributed by atoms with Crippen molar-refractivity contribution in [3.8, 4) is 0 Å². The van der Waals surface area contributed by atoms with Gasteiger partial charge in [-0.05, 0) is 29.8 Å². The second kappa shape index (κ2) is 6.49. The summed E-state index contributed by atoms with van der Waals surface area (Å²) in [6.45, 7) is 0.541. The predicted octanol–water partition coefficient (Wildman–Crippen LogP) is 1.97. The number of carbonyl (C=O) groups excluding carboxylic acids is 1. The third kappa shape index (κ3) is 3.66. The summed E-state index contributed by atoms with van der Waals surface area (Å²) in [6.07, 6.45) is 9.49. The normalized spacial score (nSPS) is 10.9. The third-order valence-corrected chi connectivity index (χ3v) is 2.78. The molecule has 3 aromatic rings. The lowest BCUT2D eigenvalue weighted by Crippen LogP contribution is -2.10. The van der Waals surface area contributed by atoms with Gasteiger partial charge in [0.05, 0.1) is 12.8 Å². The molecule has 1 amide bonds. The lowest BCUT2D eigenvalue weighted by atomic mass is 10.3. The van der Waals surface area contributed by atoms with Gasteiger partial charge in [0, 0.05) is 18.5 Å². The molecule has 0 unspecified atom stereocenters. The summed E-state index contributed by atoms with van der Waals surface area (Å²) in [5.41, 5.74) is 1.00. The van der Waals surface area contributed by atoms with E-state index in [0.29, 0.717) is 12.3 Å². The number of rotatable bonds is 5. The maximum Gasteiger partial charge on any atom is 0.250 e. The van der Waals surface area contributed by atoms with Gasteiger partial charge in [0.2, 0.25) is 5.95 Å². The van der Waals surface area contributed by atoms with E-state index in [2.05, 4.69) is 20.4 Å². The molecule has 7 heteroatoms. The molecule has 0 spiro atoms. The van der Waals surface area contributed by atoms with Gasteiger partial charge in [-0.2, -0.15) is 0 Å². The first-order chi connectivity index (χ1) is 10.8. The number of hydrogen-bond acceptors (Lipinski definition) is 5. The van der Waals surface area contributed by atoms with E-state index in [1.807, 2.05) is 12.1 Å². The van der Waals surface area contributed by atoms with Crippen LogP contribution in [0.25, 0.3) is 6.08 Å². The number of hydrogen-bond donors (Lipinski definition) is 1. The summed E-state index contributed by atoms with van der Waals surface area (Å²) in [4.78, 5) is 19.8. The van der Waals surface area contributed by atoms with Crippen LogP contribution in [0.1, 0.15) is 11.3 Å². The Morgan fingerprint density at radius 1 is 1.36 bits per heavy atom. The van der Waals surface area contributed by atoms with Gasteiger partial charge in [0.25, 0.3) is 5.91 Å². The Hall–Kier alpha value is -3.22. The minimum Gasteiger partial charge on any atom is -0.465 e. The van der Waals surface area contributed by atoms with E-state index in [0.717, 1.165) is 5.56 Å². The number of nitrogens with zero attached hydrogens (tertiary/aromatic N) is 4. The summed E-state index contributed by atoms with van der Waals surface area (Å²) in [5.74, 6) is 0.527. The molecule has 0 aliphatic carbocycles. The quantitative estimate of drug-likeness (QED) is 0.727. The zero-order chi connectivity index (χ0) is 15.2. The summed E-state index contributed by atoms with van der Waals surface area (Å²) in [6, 6.07) is 7.30. The molecule has 3 rings (SSSR count). The first-order valence-electron chi connectivity index (χ1n) is 6.60. The number of anilines is 1. The summed E-state index contributed by atoms with van der Waals surface area (Å²) in [5, 5.41) is 6.76. The minimum absolute atomic E-state index is 0.248. The van der Waals surface area contributed by atoms with Crippen molar-refractivity contribution in [1.29, 1.82) is 0 Å². The molecule has 110 valence electrons. The molecule has 0 aliphatic rings. The molecule has 1 N–H and O–H groups in total. The van der Waals surface area contributed by atoms with E-state index in [9.17, 15) is 4.79 Å². The molecule has 0 bridgehead atoms. The summed E-state index contributed by atoms with van der Waals surface area (Å²) < 4.78 is 6.72. The SMILES string of the molecule is O=C(/C=C/c1ccco1)Nc1ncn(Cc2cccnc2)n1. The highest BCUT2D eigenvalue weighted by molar-refractivity contribution is 6.00. The van der Waals surface area contributed by atoms with Crippen molar-refractivity contribution in [3.63, 3.8) is 0 Å². The van der Waals surface area contributed by atoms with Crippen LogP contribution in [0, 0.1) is 0 Å². The van der Waals surface area contributed by atoms with Crippen molar-refractivity contribution in [1.82, 2.24) is 19.7 Å². The highest BCUT2D eigenvalue weighted by atomic mass is 16.3. The van der Waals surface area contributed by atoms with E-state index in [1.54, 1.807) is 47.9 Å². The molecule has 3 heterocycles. The van der Waals surface area contributed by atoms with Crippen LogP contribution < -0.4 is 5.32 Å². The third-order valence-electron chi connectivity index (χ3n) is 2.78. The van der Waals surface area contributed by atoms with Gasteiger partial charge in [0.15, 0.2) is 0 Å². The van der Waals surface area contributed by atoms with Crippen molar-refractivity contribution in [2.75, 3.05) is 5.32 Å². The lowest BCUT2D eigenvalue weighted by molar-refractivity contribution is -0.111. The Balaban J connectivity index is 1.58. The fourth-order valence-corrected chi connectivity index (χ4v) is 1.80. The number of amides is 1. The molecule has 7 nitrogen and oxygen atoms in total. The van der Waals surface area contributed by atoms with Gasteiger partial charge < -0.3 is 4.42 Å². The van der Waals surface area contributed by atoms with Crippen LogP contribution in [0.4, 0.5) is 5.95 Å². The van der Waals surface area contributed by atoms with E-state index in [4.69, 9.17) is 4.42 Å². The molecule has 0 radical (unpaired) electrons. The standard InChI is InChI=1S/C15H13N5O2/c21-14(6-5-13-4-2-8-22-13)18-15-17-11-20(19-15)10-12-3-1-7-16-9-12/h1-9,11H,10H2,(H,18,19,21)/b6-5+. The number of nitrogens with one attached hydrogen (secondary N) is 1. The fourth-order valence-electron chi connectivity index (χ4n) is 1.80. The van der Waals surface area contributed by atoms with Gasteiger partial charge in [-0.3, -0.25) is 15.1 Å². The van der Waals surface area contributed by atoms with E-state index in [-0.39, 0.29) is 11.9 Å². The highest BCUT2D eigenvalue weighted by Gasteiger charge is 2.04. The van der Waals surface area contributed by atoms with E-state index in [1.165, 1.54) is 6.08 Å². The molecule has 3 aromatic heterocycles. The van der Waals surface area contributed by atoms with Crippen LogP contribution in [0.3, 0.4) is 0 Å². The first kappa shape index (κ1) is 13.7. The average Bonchev–Trinajstić information content (AvgIpc) is 3.18. The topological polar surface area (TPSA) is 85.8 Å². The molecule has 0 saturated carbocycles. The van der Waals surface area contributed by atoms with Crippen LogP contribution in [0.15, 0.2) is 59.7 Å². The Labute approximate surface area is 126 Å². The Kier molecular flexibility index (Phi) is 4.05. The number of aromatic nitrogens is 4. The smallest absolute Gasteiger partial charge is 0.250 e. The van der Waals surface area contributed by atoms with Crippen LogP contribution in [-0.2, 0) is 11.3 Å². The monoisotopic (exact) mass is 295 g/mol. The number of furan rings is 1. The van der Waals surface area contributed by atoms with Gasteiger partial charge in [-0.25, -0.2) is 9.67 Å². The van der Waals surface area contributed by atoms with Gasteiger partial charge in [0.1, 0.15) is 12.1 Å². The highest BCUT2D eigenvalue weighted by Crippen LogP contribution is 2.04. The van der Waals surface area contributed by atoms with Gasteiger partial charge >= 0.3 is 0 Å². The van der Waals surface area contributed by atoms with Crippen molar-refractivity contribution in [3.05, 3.63) is 66.6 Å². The zero-order valence-corrected chi connectivity index (χ0v) is 11.6. The molecule has 0 saturated heterocycles. The van der Waals surface area contributed by atoms with E-state index < -0.39 is 0 Å². The van der Waals surface area contributed by atoms with Crippen LogP contribution >= 0.6 is 0 Å². The van der Waals surface area contributed by atoms with Crippen LogP contribution in [0.2, 0.25) is 0 Å². The first-order valence-corrected chi connectivity index (χ1v) is 6.60. The average molecular weight is 295 g/mol. The summed E-state index contributed by atoms with van der Waals surface area (Å²) in [7, 11) is 0. The fraction of sp³-hybridized carbons (Fsp3) is 0.0667. The van der Waals surface area contributed by atoms with Crippen LogP contribution in [0.5, 0.6) is 0 Å². The molecule has 0 fully saturated rings. The Morgan fingerprint density at radius 2 is 2.32 bits per heavy atom. The lowest BCUT2D eigenvalue weighted by Gasteiger charge is -1.99. The largest absolute Gasteiger partial charge is 0.465 e. The maximum absolute atomic E-state index is 11.7. The molecule has 22 heavy (non-hydrogen) atoms.